The Labute approximate surface area is 154 Å². The molecule has 2 heterocycles. The average molecular weight is 403 g/mol. The van der Waals surface area contributed by atoms with Crippen molar-refractivity contribution in [1.29, 1.82) is 0 Å². The summed E-state index contributed by atoms with van der Waals surface area (Å²) in [5, 5.41) is 9.65. The number of halogens is 1. The predicted octanol–water partition coefficient (Wildman–Crippen LogP) is 5.64. The largest absolute Gasteiger partial charge is 0.478 e. The first-order chi connectivity index (χ1) is 12.0. The Kier molecular flexibility index (Phi) is 5.13. The summed E-state index contributed by atoms with van der Waals surface area (Å²) in [7, 11) is 0. The zero-order valence-corrected chi connectivity index (χ0v) is 15.7. The van der Waals surface area contributed by atoms with E-state index in [1.165, 1.54) is 0 Å². The van der Waals surface area contributed by atoms with Gasteiger partial charge in [0.15, 0.2) is 0 Å². The first-order valence-electron chi connectivity index (χ1n) is 8.23. The maximum atomic E-state index is 11.8. The Morgan fingerprint density at radius 3 is 2.00 bits per heavy atom. The average Bonchev–Trinajstić information content (AvgIpc) is 3.26. The highest BCUT2D eigenvalue weighted by Crippen LogP contribution is 2.37. The molecule has 0 radical (unpaired) electrons. The van der Waals surface area contributed by atoms with Crippen LogP contribution in [0.3, 0.4) is 0 Å². The monoisotopic (exact) mass is 402 g/mol. The molecule has 2 aromatic heterocycles. The zero-order chi connectivity index (χ0) is 18.0. The molecule has 0 saturated carbocycles. The van der Waals surface area contributed by atoms with Gasteiger partial charge in [0.25, 0.3) is 0 Å². The number of hydrogen-bond acceptors (Lipinski definition) is 3. The van der Waals surface area contributed by atoms with E-state index in [9.17, 15) is 9.90 Å². The van der Waals surface area contributed by atoms with Crippen molar-refractivity contribution in [2.75, 3.05) is 0 Å². The van der Waals surface area contributed by atoms with Gasteiger partial charge in [-0.1, -0.05) is 35.8 Å². The highest BCUT2D eigenvalue weighted by atomic mass is 79.9. The summed E-state index contributed by atoms with van der Waals surface area (Å²) in [6.45, 7) is 4.03. The third kappa shape index (κ3) is 3.56. The molecule has 3 aromatic rings. The highest BCUT2D eigenvalue weighted by Gasteiger charge is 2.28. The van der Waals surface area contributed by atoms with Gasteiger partial charge in [0.2, 0.25) is 0 Å². The molecule has 4 nitrogen and oxygen atoms in total. The maximum Gasteiger partial charge on any atom is 0.336 e. The first-order valence-corrected chi connectivity index (χ1v) is 9.02. The third-order valence-corrected chi connectivity index (χ3v) is 4.68. The van der Waals surface area contributed by atoms with Crippen molar-refractivity contribution in [2.24, 2.45) is 0 Å². The number of furan rings is 2. The van der Waals surface area contributed by atoms with Crippen LogP contribution in [0.2, 0.25) is 0 Å². The number of benzene rings is 1. The van der Waals surface area contributed by atoms with Crippen LogP contribution in [0.15, 0.2) is 55.8 Å². The van der Waals surface area contributed by atoms with Gasteiger partial charge in [-0.05, 0) is 42.0 Å². The molecule has 0 atom stereocenters. The molecule has 130 valence electrons. The Morgan fingerprint density at radius 1 is 1.00 bits per heavy atom. The maximum absolute atomic E-state index is 11.8. The van der Waals surface area contributed by atoms with Crippen LogP contribution in [0.1, 0.15) is 58.7 Å². The molecule has 0 aliphatic carbocycles. The smallest absolute Gasteiger partial charge is 0.336 e. The van der Waals surface area contributed by atoms with Gasteiger partial charge in [-0.25, -0.2) is 4.79 Å². The summed E-state index contributed by atoms with van der Waals surface area (Å²) in [6.07, 6.45) is 1.55. The van der Waals surface area contributed by atoms with Gasteiger partial charge < -0.3 is 13.9 Å². The third-order valence-electron chi connectivity index (χ3n) is 4.19. The van der Waals surface area contributed by atoms with E-state index in [2.05, 4.69) is 15.9 Å². The van der Waals surface area contributed by atoms with Crippen molar-refractivity contribution >= 4 is 21.9 Å². The number of carbonyl (C=O) groups is 1. The summed E-state index contributed by atoms with van der Waals surface area (Å²) < 4.78 is 12.6. The van der Waals surface area contributed by atoms with E-state index in [-0.39, 0.29) is 5.56 Å². The molecule has 5 heteroatoms. The number of rotatable bonds is 6. The van der Waals surface area contributed by atoms with Gasteiger partial charge in [-0.15, -0.1) is 0 Å². The molecule has 0 fully saturated rings. The van der Waals surface area contributed by atoms with E-state index in [1.807, 2.05) is 44.2 Å². The van der Waals surface area contributed by atoms with E-state index in [0.717, 1.165) is 28.8 Å². The van der Waals surface area contributed by atoms with Crippen molar-refractivity contribution in [1.82, 2.24) is 0 Å². The van der Waals surface area contributed by atoms with Crippen LogP contribution in [-0.2, 0) is 12.8 Å². The van der Waals surface area contributed by atoms with E-state index >= 15 is 0 Å². The molecule has 0 saturated heterocycles. The minimum absolute atomic E-state index is 0.225. The molecule has 3 rings (SSSR count). The number of carboxylic acids is 1. The molecule has 1 N–H and O–H groups in total. The van der Waals surface area contributed by atoms with Crippen molar-refractivity contribution in [2.45, 2.75) is 32.6 Å². The first kappa shape index (κ1) is 17.5. The Morgan fingerprint density at radius 2 is 1.56 bits per heavy atom. The van der Waals surface area contributed by atoms with E-state index in [4.69, 9.17) is 8.83 Å². The van der Waals surface area contributed by atoms with Gasteiger partial charge >= 0.3 is 5.97 Å². The summed E-state index contributed by atoms with van der Waals surface area (Å²) in [6, 6.07) is 12.9. The highest BCUT2D eigenvalue weighted by molar-refractivity contribution is 9.10. The second-order valence-electron chi connectivity index (χ2n) is 5.78. The van der Waals surface area contributed by atoms with Gasteiger partial charge in [-0.2, -0.15) is 0 Å². The molecular weight excluding hydrogens is 384 g/mol. The molecule has 0 spiro atoms. The van der Waals surface area contributed by atoms with Crippen LogP contribution in [0.25, 0.3) is 0 Å². The van der Waals surface area contributed by atoms with Crippen LogP contribution in [0.4, 0.5) is 0 Å². The number of carboxylic acid groups (broad SMARTS) is 1. The van der Waals surface area contributed by atoms with Crippen LogP contribution >= 0.6 is 15.9 Å². The fourth-order valence-electron chi connectivity index (χ4n) is 2.89. The fourth-order valence-corrected chi connectivity index (χ4v) is 3.25. The van der Waals surface area contributed by atoms with Crippen LogP contribution in [0, 0.1) is 0 Å². The van der Waals surface area contributed by atoms with E-state index < -0.39 is 11.9 Å². The summed E-state index contributed by atoms with van der Waals surface area (Å²) in [5.41, 5.74) is 0.868. The second-order valence-corrected chi connectivity index (χ2v) is 6.70. The fraction of sp³-hybridized carbons (Fsp3) is 0.250. The predicted molar refractivity (Wildman–Crippen MR) is 98.2 cm³/mol. The number of aryl methyl sites for hydroxylation is 2. The van der Waals surface area contributed by atoms with Crippen molar-refractivity contribution in [3.05, 3.63) is 81.1 Å². The van der Waals surface area contributed by atoms with Gasteiger partial charge in [0.05, 0.1) is 5.56 Å². The Bertz CT molecular complexity index is 848. The summed E-state index contributed by atoms with van der Waals surface area (Å²) in [5.74, 6) is 1.69. The Balaban J connectivity index is 2.19. The lowest BCUT2D eigenvalue weighted by molar-refractivity contribution is 0.0695. The van der Waals surface area contributed by atoms with Crippen LogP contribution in [-0.4, -0.2) is 11.1 Å². The SMILES string of the molecule is CCc1ccc(C(c2ccc(CC)o2)c2ccc(Br)cc2C(=O)O)o1. The van der Waals surface area contributed by atoms with Crippen molar-refractivity contribution in [3.8, 4) is 0 Å². The molecule has 0 aliphatic rings. The molecule has 0 unspecified atom stereocenters. The molecule has 1 aromatic carbocycles. The number of hydrogen-bond donors (Lipinski definition) is 1. The molecule has 0 amide bonds. The van der Waals surface area contributed by atoms with Gasteiger partial charge in [0, 0.05) is 17.3 Å². The lowest BCUT2D eigenvalue weighted by atomic mass is 9.90. The lowest BCUT2D eigenvalue weighted by Gasteiger charge is -2.16. The summed E-state index contributed by atoms with van der Waals surface area (Å²) >= 11 is 3.35. The van der Waals surface area contributed by atoms with E-state index in [1.54, 1.807) is 12.1 Å². The number of aromatic carboxylic acids is 1. The van der Waals surface area contributed by atoms with Crippen LogP contribution < -0.4 is 0 Å². The minimum Gasteiger partial charge on any atom is -0.478 e. The quantitative estimate of drug-likeness (QED) is 0.579. The van der Waals surface area contributed by atoms with Gasteiger partial charge in [0.1, 0.15) is 29.0 Å². The minimum atomic E-state index is -0.981. The molecule has 25 heavy (non-hydrogen) atoms. The molecule has 0 aliphatic heterocycles. The van der Waals surface area contributed by atoms with Crippen LogP contribution in [0.5, 0.6) is 0 Å². The molecular formula is C20H19BrO4. The summed E-state index contributed by atoms with van der Waals surface area (Å²) in [4.78, 5) is 11.8. The zero-order valence-electron chi connectivity index (χ0n) is 14.1. The second kappa shape index (κ2) is 7.31. The van der Waals surface area contributed by atoms with E-state index in [0.29, 0.717) is 17.1 Å². The lowest BCUT2D eigenvalue weighted by Crippen LogP contribution is -2.09. The van der Waals surface area contributed by atoms with Crippen molar-refractivity contribution in [3.63, 3.8) is 0 Å². The molecule has 0 bridgehead atoms. The Hall–Kier alpha value is -2.27. The van der Waals surface area contributed by atoms with Crippen molar-refractivity contribution < 1.29 is 18.7 Å². The topological polar surface area (TPSA) is 63.6 Å². The standard InChI is InChI=1S/C20H19BrO4/c1-3-13-6-9-17(24-13)19(18-10-7-14(4-2)25-18)15-8-5-12(21)11-16(15)20(22)23/h5-11,19H,3-4H2,1-2H3,(H,22,23). The van der Waals surface area contributed by atoms with Gasteiger partial charge in [-0.3, -0.25) is 0 Å². The normalized spacial score (nSPS) is 11.2.